The Morgan fingerprint density at radius 2 is 1.93 bits per heavy atom. The largest absolute Gasteiger partial charge is 0.490 e. The number of rotatable bonds is 8. The number of thiocarbonyl (C=S) groups is 1. The van der Waals surface area contributed by atoms with Crippen LogP contribution in [0.15, 0.2) is 42.2 Å². The fourth-order valence-corrected chi connectivity index (χ4v) is 3.14. The average Bonchev–Trinajstić information content (AvgIpc) is 3.25. The van der Waals surface area contributed by atoms with Crippen LogP contribution in [0.4, 0.5) is 0 Å². The van der Waals surface area contributed by atoms with Crippen molar-refractivity contribution in [2.24, 2.45) is 0 Å². The van der Waals surface area contributed by atoms with Crippen LogP contribution >= 0.6 is 12.2 Å². The molecule has 2 N–H and O–H groups in total. The Morgan fingerprint density at radius 3 is 2.63 bits per heavy atom. The van der Waals surface area contributed by atoms with Crippen molar-refractivity contribution < 1.29 is 14.3 Å². The lowest BCUT2D eigenvalue weighted by Crippen LogP contribution is -2.32. The second-order valence-corrected chi connectivity index (χ2v) is 6.35. The van der Waals surface area contributed by atoms with Gasteiger partial charge < -0.3 is 19.8 Å². The van der Waals surface area contributed by atoms with E-state index in [2.05, 4.69) is 10.3 Å². The number of hydrogen-bond acceptors (Lipinski definition) is 4. The van der Waals surface area contributed by atoms with Crippen LogP contribution in [-0.4, -0.2) is 40.7 Å². The van der Waals surface area contributed by atoms with E-state index in [4.69, 9.17) is 21.7 Å². The number of carbonyl (C=O) groups excluding carboxylic acids is 1. The lowest BCUT2D eigenvalue weighted by molar-refractivity contribution is -0.122. The molecule has 0 bridgehead atoms. The van der Waals surface area contributed by atoms with Gasteiger partial charge in [-0.3, -0.25) is 9.69 Å². The SMILES string of the molecule is CCOc1ccc(CCN2C(=O)/C(=C\c3ccc[nH]3)NC2=S)cc1OCC. The maximum absolute atomic E-state index is 12.6. The first-order valence-electron chi connectivity index (χ1n) is 8.98. The van der Waals surface area contributed by atoms with Crippen molar-refractivity contribution >= 4 is 29.3 Å². The number of hydrogen-bond donors (Lipinski definition) is 2. The Morgan fingerprint density at radius 1 is 1.15 bits per heavy atom. The van der Waals surface area contributed by atoms with E-state index >= 15 is 0 Å². The molecule has 142 valence electrons. The van der Waals surface area contributed by atoms with Crippen molar-refractivity contribution in [2.75, 3.05) is 19.8 Å². The molecule has 7 heteroatoms. The Hall–Kier alpha value is -2.80. The molecule has 1 aliphatic heterocycles. The highest BCUT2D eigenvalue weighted by Gasteiger charge is 2.30. The number of amides is 1. The van der Waals surface area contributed by atoms with Crippen LogP contribution in [0.5, 0.6) is 11.5 Å². The number of carbonyl (C=O) groups is 1. The summed E-state index contributed by atoms with van der Waals surface area (Å²) in [5.41, 5.74) is 2.38. The lowest BCUT2D eigenvalue weighted by Gasteiger charge is -2.15. The number of nitrogens with zero attached hydrogens (tertiary/aromatic N) is 1. The van der Waals surface area contributed by atoms with Gasteiger partial charge in [0.15, 0.2) is 16.6 Å². The predicted molar refractivity (Wildman–Crippen MR) is 109 cm³/mol. The van der Waals surface area contributed by atoms with Gasteiger partial charge >= 0.3 is 0 Å². The number of H-pyrrole nitrogens is 1. The molecule has 6 nitrogen and oxygen atoms in total. The van der Waals surface area contributed by atoms with Crippen molar-refractivity contribution in [3.05, 3.63) is 53.5 Å². The summed E-state index contributed by atoms with van der Waals surface area (Å²) < 4.78 is 11.3. The molecule has 0 saturated carbocycles. The van der Waals surface area contributed by atoms with Gasteiger partial charge in [-0.25, -0.2) is 0 Å². The van der Waals surface area contributed by atoms with Crippen molar-refractivity contribution in [3.63, 3.8) is 0 Å². The minimum atomic E-state index is -0.120. The molecule has 2 aromatic rings. The molecule has 0 atom stereocenters. The molecular weight excluding hydrogens is 362 g/mol. The monoisotopic (exact) mass is 385 g/mol. The van der Waals surface area contributed by atoms with Gasteiger partial charge in [-0.1, -0.05) is 6.07 Å². The molecule has 0 unspecified atom stereocenters. The van der Waals surface area contributed by atoms with E-state index in [1.54, 1.807) is 11.0 Å². The van der Waals surface area contributed by atoms with Crippen LogP contribution in [0.2, 0.25) is 0 Å². The highest BCUT2D eigenvalue weighted by atomic mass is 32.1. The Bertz CT molecular complexity index is 846. The fourth-order valence-electron chi connectivity index (χ4n) is 2.86. The first kappa shape index (κ1) is 19.0. The standard InChI is InChI=1S/C20H23N3O3S/c1-3-25-17-8-7-14(12-18(17)26-4-2)9-11-23-19(24)16(22-20(23)27)13-15-6-5-10-21-15/h5-8,10,12-13,21H,3-4,9,11H2,1-2H3,(H,22,27)/b16-13+. The third kappa shape index (κ3) is 4.49. The highest BCUT2D eigenvalue weighted by molar-refractivity contribution is 7.80. The molecule has 3 rings (SSSR count). The number of nitrogens with one attached hydrogen (secondary N) is 2. The summed E-state index contributed by atoms with van der Waals surface area (Å²) in [6, 6.07) is 9.62. The van der Waals surface area contributed by atoms with E-state index in [9.17, 15) is 4.79 Å². The van der Waals surface area contributed by atoms with Crippen LogP contribution < -0.4 is 14.8 Å². The van der Waals surface area contributed by atoms with Crippen LogP contribution in [0, 0.1) is 0 Å². The Balaban J connectivity index is 1.68. The van der Waals surface area contributed by atoms with Gasteiger partial charge in [0.2, 0.25) is 0 Å². The minimum absolute atomic E-state index is 0.120. The maximum Gasteiger partial charge on any atom is 0.276 e. The van der Waals surface area contributed by atoms with Crippen LogP contribution in [0.25, 0.3) is 6.08 Å². The van der Waals surface area contributed by atoms with Crippen LogP contribution in [0.1, 0.15) is 25.1 Å². The zero-order valence-electron chi connectivity index (χ0n) is 15.5. The molecule has 1 aliphatic rings. The number of aromatic nitrogens is 1. The molecule has 27 heavy (non-hydrogen) atoms. The molecule has 0 radical (unpaired) electrons. The smallest absolute Gasteiger partial charge is 0.276 e. The minimum Gasteiger partial charge on any atom is -0.490 e. The average molecular weight is 385 g/mol. The van der Waals surface area contributed by atoms with E-state index in [0.29, 0.717) is 37.0 Å². The summed E-state index contributed by atoms with van der Waals surface area (Å²) in [4.78, 5) is 17.3. The Labute approximate surface area is 164 Å². The summed E-state index contributed by atoms with van der Waals surface area (Å²) in [6.07, 6.45) is 4.23. The lowest BCUT2D eigenvalue weighted by atomic mass is 10.1. The molecule has 1 amide bonds. The summed E-state index contributed by atoms with van der Waals surface area (Å²) in [7, 11) is 0. The molecule has 1 aromatic carbocycles. The third-order valence-electron chi connectivity index (χ3n) is 4.12. The normalized spacial score (nSPS) is 15.3. The van der Waals surface area contributed by atoms with Crippen molar-refractivity contribution in [3.8, 4) is 11.5 Å². The third-order valence-corrected chi connectivity index (χ3v) is 4.44. The molecule has 2 heterocycles. The summed E-state index contributed by atoms with van der Waals surface area (Å²) in [5, 5.41) is 3.41. The zero-order valence-corrected chi connectivity index (χ0v) is 16.3. The van der Waals surface area contributed by atoms with Gasteiger partial charge in [0.05, 0.1) is 13.2 Å². The van der Waals surface area contributed by atoms with Gasteiger partial charge in [0.1, 0.15) is 5.70 Å². The van der Waals surface area contributed by atoms with Gasteiger partial charge in [-0.15, -0.1) is 0 Å². The first-order chi connectivity index (χ1) is 13.1. The van der Waals surface area contributed by atoms with Crippen LogP contribution in [0.3, 0.4) is 0 Å². The molecule has 0 spiro atoms. The van der Waals surface area contributed by atoms with Crippen molar-refractivity contribution in [1.29, 1.82) is 0 Å². The van der Waals surface area contributed by atoms with E-state index in [-0.39, 0.29) is 5.91 Å². The zero-order chi connectivity index (χ0) is 19.2. The van der Waals surface area contributed by atoms with E-state index in [0.717, 1.165) is 22.8 Å². The van der Waals surface area contributed by atoms with E-state index in [1.807, 2.05) is 50.4 Å². The maximum atomic E-state index is 12.6. The topological polar surface area (TPSA) is 66.6 Å². The van der Waals surface area contributed by atoms with Gasteiger partial charge in [-0.2, -0.15) is 0 Å². The Kier molecular flexibility index (Phi) is 6.13. The fraction of sp³-hybridized carbons (Fsp3) is 0.300. The van der Waals surface area contributed by atoms with Crippen molar-refractivity contribution in [1.82, 2.24) is 15.2 Å². The second kappa shape index (κ2) is 8.73. The number of ether oxygens (including phenoxy) is 2. The molecule has 0 aliphatic carbocycles. The molecular formula is C20H23N3O3S. The van der Waals surface area contributed by atoms with Crippen LogP contribution in [-0.2, 0) is 11.2 Å². The second-order valence-electron chi connectivity index (χ2n) is 5.97. The first-order valence-corrected chi connectivity index (χ1v) is 9.39. The van der Waals surface area contributed by atoms with Gasteiger partial charge in [-0.05, 0) is 68.4 Å². The van der Waals surface area contributed by atoms with Gasteiger partial charge in [0, 0.05) is 18.4 Å². The summed E-state index contributed by atoms with van der Waals surface area (Å²) in [5.74, 6) is 1.33. The van der Waals surface area contributed by atoms with E-state index in [1.165, 1.54) is 0 Å². The molecule has 1 aromatic heterocycles. The summed E-state index contributed by atoms with van der Waals surface area (Å²) >= 11 is 5.33. The highest BCUT2D eigenvalue weighted by Crippen LogP contribution is 2.29. The van der Waals surface area contributed by atoms with Gasteiger partial charge in [0.25, 0.3) is 5.91 Å². The number of benzene rings is 1. The molecule has 1 fully saturated rings. The quantitative estimate of drug-likeness (QED) is 0.540. The van der Waals surface area contributed by atoms with Crippen molar-refractivity contribution in [2.45, 2.75) is 20.3 Å². The molecule has 1 saturated heterocycles. The number of aromatic amines is 1. The summed E-state index contributed by atoms with van der Waals surface area (Å²) in [6.45, 7) is 5.52. The predicted octanol–water partition coefficient (Wildman–Crippen LogP) is 3.11. The van der Waals surface area contributed by atoms with E-state index < -0.39 is 0 Å².